The SMILES string of the molecule is CCOC(=O)c1ccc(-c2c(-c3ccccc3)oc3ccccc23)cc1. The third-order valence-corrected chi connectivity index (χ3v) is 4.32. The number of fused-ring (bicyclic) bond motifs is 1. The number of para-hydroxylation sites is 1. The fourth-order valence-corrected chi connectivity index (χ4v) is 3.11. The standard InChI is InChI=1S/C23H18O3/c1-2-25-23(24)18-14-12-16(13-15-18)21-19-10-6-7-11-20(19)26-22(21)17-8-4-3-5-9-17/h3-15H,2H2,1H3. The number of hydrogen-bond acceptors (Lipinski definition) is 3. The summed E-state index contributed by atoms with van der Waals surface area (Å²) in [7, 11) is 0. The molecule has 0 aliphatic carbocycles. The second-order valence-corrected chi connectivity index (χ2v) is 5.97. The van der Waals surface area contributed by atoms with E-state index < -0.39 is 0 Å². The van der Waals surface area contributed by atoms with E-state index in [1.54, 1.807) is 19.1 Å². The van der Waals surface area contributed by atoms with Crippen LogP contribution < -0.4 is 0 Å². The summed E-state index contributed by atoms with van der Waals surface area (Å²) in [5.74, 6) is 0.523. The summed E-state index contributed by atoms with van der Waals surface area (Å²) in [6, 6.07) is 25.5. The monoisotopic (exact) mass is 342 g/mol. The van der Waals surface area contributed by atoms with E-state index in [4.69, 9.17) is 9.15 Å². The van der Waals surface area contributed by atoms with Gasteiger partial charge < -0.3 is 9.15 Å². The molecular weight excluding hydrogens is 324 g/mol. The summed E-state index contributed by atoms with van der Waals surface area (Å²) in [4.78, 5) is 11.9. The van der Waals surface area contributed by atoms with Crippen molar-refractivity contribution >= 4 is 16.9 Å². The van der Waals surface area contributed by atoms with Gasteiger partial charge in [-0.25, -0.2) is 4.79 Å². The van der Waals surface area contributed by atoms with E-state index in [-0.39, 0.29) is 5.97 Å². The van der Waals surface area contributed by atoms with Gasteiger partial charge in [0.05, 0.1) is 12.2 Å². The molecule has 0 unspecified atom stereocenters. The minimum absolute atomic E-state index is 0.306. The molecule has 1 heterocycles. The number of hydrogen-bond donors (Lipinski definition) is 0. The molecule has 3 nitrogen and oxygen atoms in total. The number of carbonyl (C=O) groups is 1. The van der Waals surface area contributed by atoms with Gasteiger partial charge >= 0.3 is 5.97 Å². The first kappa shape index (κ1) is 16.2. The molecule has 0 N–H and O–H groups in total. The van der Waals surface area contributed by atoms with Crippen LogP contribution in [0, 0.1) is 0 Å². The van der Waals surface area contributed by atoms with Gasteiger partial charge in [0, 0.05) is 16.5 Å². The first-order valence-electron chi connectivity index (χ1n) is 8.62. The molecule has 4 aromatic rings. The average molecular weight is 342 g/mol. The van der Waals surface area contributed by atoms with E-state index in [9.17, 15) is 4.79 Å². The van der Waals surface area contributed by atoms with E-state index in [0.29, 0.717) is 12.2 Å². The number of carbonyl (C=O) groups excluding carboxylic acids is 1. The molecule has 4 rings (SSSR count). The van der Waals surface area contributed by atoms with Gasteiger partial charge in [0.2, 0.25) is 0 Å². The first-order chi connectivity index (χ1) is 12.8. The zero-order valence-corrected chi connectivity index (χ0v) is 14.4. The van der Waals surface area contributed by atoms with Crippen molar-refractivity contribution in [2.24, 2.45) is 0 Å². The molecule has 0 saturated heterocycles. The number of ether oxygens (including phenoxy) is 1. The summed E-state index contributed by atoms with van der Waals surface area (Å²) < 4.78 is 11.2. The van der Waals surface area contributed by atoms with Crippen LogP contribution in [-0.2, 0) is 4.74 Å². The van der Waals surface area contributed by atoms with Gasteiger partial charge in [-0.15, -0.1) is 0 Å². The Morgan fingerprint density at radius 3 is 2.27 bits per heavy atom. The Morgan fingerprint density at radius 1 is 0.846 bits per heavy atom. The van der Waals surface area contributed by atoms with Crippen LogP contribution in [0.5, 0.6) is 0 Å². The maximum atomic E-state index is 11.9. The van der Waals surface area contributed by atoms with Gasteiger partial charge in [-0.3, -0.25) is 0 Å². The van der Waals surface area contributed by atoms with Gasteiger partial charge in [0.25, 0.3) is 0 Å². The van der Waals surface area contributed by atoms with Gasteiger partial charge in [0.1, 0.15) is 11.3 Å². The third kappa shape index (κ3) is 2.88. The summed E-state index contributed by atoms with van der Waals surface area (Å²) in [5.41, 5.74) is 4.44. The lowest BCUT2D eigenvalue weighted by Crippen LogP contribution is -2.04. The van der Waals surface area contributed by atoms with Crippen LogP contribution in [0.1, 0.15) is 17.3 Å². The summed E-state index contributed by atoms with van der Waals surface area (Å²) in [6.45, 7) is 2.17. The average Bonchev–Trinajstić information content (AvgIpc) is 3.08. The molecule has 0 bridgehead atoms. The van der Waals surface area contributed by atoms with Crippen molar-refractivity contribution in [3.63, 3.8) is 0 Å². The predicted molar refractivity (Wildman–Crippen MR) is 103 cm³/mol. The van der Waals surface area contributed by atoms with Crippen LogP contribution in [0.4, 0.5) is 0 Å². The van der Waals surface area contributed by atoms with Gasteiger partial charge in [-0.05, 0) is 30.7 Å². The highest BCUT2D eigenvalue weighted by molar-refractivity contribution is 6.02. The third-order valence-electron chi connectivity index (χ3n) is 4.32. The summed E-state index contributed by atoms with van der Waals surface area (Å²) >= 11 is 0. The van der Waals surface area contributed by atoms with Crippen LogP contribution in [0.2, 0.25) is 0 Å². The Labute approximate surface area is 151 Å². The largest absolute Gasteiger partial charge is 0.462 e. The molecule has 26 heavy (non-hydrogen) atoms. The highest BCUT2D eigenvalue weighted by Gasteiger charge is 2.17. The second-order valence-electron chi connectivity index (χ2n) is 5.97. The summed E-state index contributed by atoms with van der Waals surface area (Å²) in [5, 5.41) is 1.05. The van der Waals surface area contributed by atoms with Crippen molar-refractivity contribution in [3.05, 3.63) is 84.4 Å². The van der Waals surface area contributed by atoms with Gasteiger partial charge in [0.15, 0.2) is 0 Å². The first-order valence-corrected chi connectivity index (χ1v) is 8.62. The number of esters is 1. The molecule has 0 aliphatic rings. The van der Waals surface area contributed by atoms with Crippen molar-refractivity contribution in [2.75, 3.05) is 6.61 Å². The molecular formula is C23H18O3. The highest BCUT2D eigenvalue weighted by Crippen LogP contribution is 2.40. The van der Waals surface area contributed by atoms with E-state index in [2.05, 4.69) is 6.07 Å². The molecule has 0 aliphatic heterocycles. The molecule has 0 radical (unpaired) electrons. The molecule has 3 aromatic carbocycles. The van der Waals surface area contributed by atoms with Crippen LogP contribution in [0.3, 0.4) is 0 Å². The van der Waals surface area contributed by atoms with Crippen LogP contribution in [0.25, 0.3) is 33.4 Å². The molecule has 0 saturated carbocycles. The fraction of sp³-hybridized carbons (Fsp3) is 0.0870. The molecule has 1 aromatic heterocycles. The minimum Gasteiger partial charge on any atom is -0.462 e. The fourth-order valence-electron chi connectivity index (χ4n) is 3.11. The summed E-state index contributed by atoms with van der Waals surface area (Å²) in [6.07, 6.45) is 0. The number of furan rings is 1. The molecule has 0 spiro atoms. The lowest BCUT2D eigenvalue weighted by molar-refractivity contribution is 0.0526. The maximum Gasteiger partial charge on any atom is 0.338 e. The number of rotatable bonds is 4. The molecule has 0 atom stereocenters. The van der Waals surface area contributed by atoms with Crippen molar-refractivity contribution in [3.8, 4) is 22.5 Å². The minimum atomic E-state index is -0.306. The van der Waals surface area contributed by atoms with E-state index in [0.717, 1.165) is 33.4 Å². The van der Waals surface area contributed by atoms with Gasteiger partial charge in [-0.1, -0.05) is 60.7 Å². The highest BCUT2D eigenvalue weighted by atomic mass is 16.5. The zero-order valence-electron chi connectivity index (χ0n) is 14.4. The quantitative estimate of drug-likeness (QED) is 0.431. The second kappa shape index (κ2) is 6.89. The van der Waals surface area contributed by atoms with E-state index >= 15 is 0 Å². The van der Waals surface area contributed by atoms with Crippen molar-refractivity contribution in [2.45, 2.75) is 6.92 Å². The van der Waals surface area contributed by atoms with Gasteiger partial charge in [-0.2, -0.15) is 0 Å². The van der Waals surface area contributed by atoms with E-state index in [1.165, 1.54) is 0 Å². The lowest BCUT2D eigenvalue weighted by Gasteiger charge is -2.06. The molecule has 0 amide bonds. The number of benzene rings is 3. The van der Waals surface area contributed by atoms with Crippen LogP contribution in [-0.4, -0.2) is 12.6 Å². The predicted octanol–water partition coefficient (Wildman–Crippen LogP) is 5.94. The maximum absolute atomic E-state index is 11.9. The Morgan fingerprint density at radius 2 is 1.54 bits per heavy atom. The lowest BCUT2D eigenvalue weighted by atomic mass is 9.98. The topological polar surface area (TPSA) is 39.4 Å². The Bertz CT molecular complexity index is 1040. The van der Waals surface area contributed by atoms with Crippen molar-refractivity contribution < 1.29 is 13.9 Å². The van der Waals surface area contributed by atoms with Crippen LogP contribution in [0.15, 0.2) is 83.3 Å². The zero-order chi connectivity index (χ0) is 17.9. The van der Waals surface area contributed by atoms with Crippen molar-refractivity contribution in [1.29, 1.82) is 0 Å². The molecule has 3 heteroatoms. The Balaban J connectivity index is 1.86. The van der Waals surface area contributed by atoms with E-state index in [1.807, 2.05) is 60.7 Å². The van der Waals surface area contributed by atoms with Crippen molar-refractivity contribution in [1.82, 2.24) is 0 Å². The normalized spacial score (nSPS) is 10.8. The van der Waals surface area contributed by atoms with Crippen LogP contribution >= 0.6 is 0 Å². The molecule has 0 fully saturated rings. The molecule has 128 valence electrons. The Kier molecular flexibility index (Phi) is 4.28. The Hall–Kier alpha value is -3.33. The smallest absolute Gasteiger partial charge is 0.338 e.